The number of likely N-dealkylation sites (tertiary alicyclic amines) is 1. The summed E-state index contributed by atoms with van der Waals surface area (Å²) in [5.74, 6) is 0.720. The van der Waals surface area contributed by atoms with Crippen LogP contribution in [-0.2, 0) is 9.53 Å². The molecule has 1 aliphatic carbocycles. The molecule has 0 bridgehead atoms. The van der Waals surface area contributed by atoms with Crippen molar-refractivity contribution in [3.63, 3.8) is 0 Å². The zero-order valence-corrected chi connectivity index (χ0v) is 10.3. The Morgan fingerprint density at radius 2 is 1.88 bits per heavy atom. The summed E-state index contributed by atoms with van der Waals surface area (Å²) >= 11 is 0. The molecular weight excluding hydrogens is 202 g/mol. The lowest BCUT2D eigenvalue weighted by Crippen LogP contribution is -2.35. The van der Waals surface area contributed by atoms with Crippen LogP contribution in [0.15, 0.2) is 0 Å². The summed E-state index contributed by atoms with van der Waals surface area (Å²) in [6, 6.07) is 0. The molecule has 0 N–H and O–H groups in total. The van der Waals surface area contributed by atoms with Crippen molar-refractivity contribution < 1.29 is 9.53 Å². The molecule has 0 aromatic carbocycles. The van der Waals surface area contributed by atoms with Crippen LogP contribution in [-0.4, -0.2) is 37.6 Å². The van der Waals surface area contributed by atoms with Gasteiger partial charge in [0.05, 0.1) is 13.0 Å². The predicted molar refractivity (Wildman–Crippen MR) is 63.1 cm³/mol. The maximum atomic E-state index is 11.8. The number of rotatable bonds is 4. The Kier molecular flexibility index (Phi) is 4.22. The molecule has 0 aromatic rings. The number of hydrogen-bond acceptors (Lipinski definition) is 3. The summed E-state index contributed by atoms with van der Waals surface area (Å²) in [7, 11) is 1.52. The van der Waals surface area contributed by atoms with Gasteiger partial charge in [0.2, 0.25) is 0 Å². The van der Waals surface area contributed by atoms with Crippen molar-refractivity contribution in [2.45, 2.75) is 38.5 Å². The molecule has 3 heteroatoms. The first kappa shape index (κ1) is 11.9. The molecule has 3 nitrogen and oxygen atoms in total. The highest BCUT2D eigenvalue weighted by Crippen LogP contribution is 2.33. The van der Waals surface area contributed by atoms with E-state index in [0.29, 0.717) is 5.92 Å². The minimum Gasteiger partial charge on any atom is -0.469 e. The molecule has 1 atom stereocenters. The Hall–Kier alpha value is -0.570. The van der Waals surface area contributed by atoms with Crippen molar-refractivity contribution >= 4 is 5.97 Å². The minimum atomic E-state index is 0.0128. The second-order valence-electron chi connectivity index (χ2n) is 5.18. The van der Waals surface area contributed by atoms with E-state index in [9.17, 15) is 4.79 Å². The molecule has 2 aliphatic rings. The molecule has 16 heavy (non-hydrogen) atoms. The third-order valence-corrected chi connectivity index (χ3v) is 4.13. The van der Waals surface area contributed by atoms with E-state index in [0.717, 1.165) is 6.54 Å². The molecule has 1 saturated carbocycles. The Morgan fingerprint density at radius 3 is 2.44 bits per heavy atom. The van der Waals surface area contributed by atoms with Gasteiger partial charge in [0.1, 0.15) is 0 Å². The first-order valence-corrected chi connectivity index (χ1v) is 6.61. The summed E-state index contributed by atoms with van der Waals surface area (Å²) in [5, 5.41) is 0. The van der Waals surface area contributed by atoms with Crippen LogP contribution >= 0.6 is 0 Å². The molecule has 0 amide bonds. The van der Waals surface area contributed by atoms with E-state index in [2.05, 4.69) is 4.90 Å². The molecule has 0 aromatic heterocycles. The minimum absolute atomic E-state index is 0.0128. The van der Waals surface area contributed by atoms with Gasteiger partial charge in [-0.1, -0.05) is 12.8 Å². The predicted octanol–water partition coefficient (Wildman–Crippen LogP) is 2.06. The van der Waals surface area contributed by atoms with Crippen molar-refractivity contribution in [2.75, 3.05) is 26.7 Å². The van der Waals surface area contributed by atoms with Crippen molar-refractivity contribution in [1.82, 2.24) is 4.90 Å². The van der Waals surface area contributed by atoms with Gasteiger partial charge in [-0.3, -0.25) is 4.79 Å². The Labute approximate surface area is 98.1 Å². The van der Waals surface area contributed by atoms with Crippen LogP contribution in [0.3, 0.4) is 0 Å². The molecule has 92 valence electrons. The number of carbonyl (C=O) groups is 1. The van der Waals surface area contributed by atoms with E-state index in [1.807, 2.05) is 0 Å². The highest BCUT2D eigenvalue weighted by Gasteiger charge is 2.33. The average Bonchev–Trinajstić information content (AvgIpc) is 2.97. The van der Waals surface area contributed by atoms with Gasteiger partial charge in [-0.2, -0.15) is 0 Å². The van der Waals surface area contributed by atoms with Crippen molar-refractivity contribution in [2.24, 2.45) is 11.8 Å². The molecule has 1 saturated heterocycles. The molecule has 1 unspecified atom stereocenters. The first-order chi connectivity index (χ1) is 7.81. The lowest BCUT2D eigenvalue weighted by Gasteiger charge is -2.25. The third kappa shape index (κ3) is 2.76. The number of hydrogen-bond donors (Lipinski definition) is 0. The van der Waals surface area contributed by atoms with Crippen molar-refractivity contribution in [1.29, 1.82) is 0 Å². The summed E-state index contributed by atoms with van der Waals surface area (Å²) in [4.78, 5) is 14.3. The monoisotopic (exact) mass is 225 g/mol. The second kappa shape index (κ2) is 5.67. The molecule has 2 rings (SSSR count). The lowest BCUT2D eigenvalue weighted by molar-refractivity contribution is -0.148. The van der Waals surface area contributed by atoms with Gasteiger partial charge in [-0.05, 0) is 44.7 Å². The van der Waals surface area contributed by atoms with Crippen LogP contribution in [0.4, 0.5) is 0 Å². The SMILES string of the molecule is COC(=O)C(CN1CCCC1)C1CCCC1. The van der Waals surface area contributed by atoms with E-state index < -0.39 is 0 Å². The van der Waals surface area contributed by atoms with Gasteiger partial charge in [-0.25, -0.2) is 0 Å². The van der Waals surface area contributed by atoms with Crippen LogP contribution < -0.4 is 0 Å². The normalized spacial score (nSPS) is 24.8. The molecular formula is C13H23NO2. The van der Waals surface area contributed by atoms with Crippen LogP contribution in [0, 0.1) is 11.8 Å². The zero-order valence-electron chi connectivity index (χ0n) is 10.3. The smallest absolute Gasteiger partial charge is 0.310 e. The second-order valence-corrected chi connectivity index (χ2v) is 5.18. The van der Waals surface area contributed by atoms with Gasteiger partial charge in [0, 0.05) is 6.54 Å². The molecule has 1 heterocycles. The van der Waals surface area contributed by atoms with Crippen LogP contribution in [0.1, 0.15) is 38.5 Å². The number of esters is 1. The standard InChI is InChI=1S/C13H23NO2/c1-16-13(15)12(11-6-2-3-7-11)10-14-8-4-5-9-14/h11-12H,2-10H2,1H3. The van der Waals surface area contributed by atoms with Crippen LogP contribution in [0.5, 0.6) is 0 Å². The van der Waals surface area contributed by atoms with Gasteiger partial charge < -0.3 is 9.64 Å². The van der Waals surface area contributed by atoms with Crippen LogP contribution in [0.2, 0.25) is 0 Å². The summed E-state index contributed by atoms with van der Waals surface area (Å²) in [5.41, 5.74) is 0. The van der Waals surface area contributed by atoms with Crippen molar-refractivity contribution in [3.05, 3.63) is 0 Å². The summed E-state index contributed by atoms with van der Waals surface area (Å²) in [6.07, 6.45) is 7.59. The van der Waals surface area contributed by atoms with E-state index >= 15 is 0 Å². The zero-order chi connectivity index (χ0) is 11.4. The number of ether oxygens (including phenoxy) is 1. The van der Waals surface area contributed by atoms with Crippen molar-refractivity contribution in [3.8, 4) is 0 Å². The highest BCUT2D eigenvalue weighted by molar-refractivity contribution is 5.73. The third-order valence-electron chi connectivity index (χ3n) is 4.13. The molecule has 2 fully saturated rings. The lowest BCUT2D eigenvalue weighted by atomic mass is 9.90. The van der Waals surface area contributed by atoms with E-state index in [1.165, 1.54) is 58.7 Å². The number of carbonyl (C=O) groups excluding carboxylic acids is 1. The van der Waals surface area contributed by atoms with E-state index in [-0.39, 0.29) is 11.9 Å². The summed E-state index contributed by atoms with van der Waals surface area (Å²) < 4.78 is 4.97. The Morgan fingerprint density at radius 1 is 1.25 bits per heavy atom. The fraction of sp³-hybridized carbons (Fsp3) is 0.923. The fourth-order valence-corrected chi connectivity index (χ4v) is 3.17. The Balaban J connectivity index is 1.92. The molecule has 0 radical (unpaired) electrons. The average molecular weight is 225 g/mol. The largest absolute Gasteiger partial charge is 0.469 e. The van der Waals surface area contributed by atoms with Crippen LogP contribution in [0.25, 0.3) is 0 Å². The molecule has 0 spiro atoms. The summed E-state index contributed by atoms with van der Waals surface area (Å²) in [6.45, 7) is 3.26. The number of methoxy groups -OCH3 is 1. The number of nitrogens with zero attached hydrogens (tertiary/aromatic N) is 1. The first-order valence-electron chi connectivity index (χ1n) is 6.61. The Bertz CT molecular complexity index is 230. The maximum absolute atomic E-state index is 11.8. The van der Waals surface area contributed by atoms with E-state index in [4.69, 9.17) is 4.74 Å². The molecule has 1 aliphatic heterocycles. The topological polar surface area (TPSA) is 29.5 Å². The quantitative estimate of drug-likeness (QED) is 0.686. The maximum Gasteiger partial charge on any atom is 0.310 e. The van der Waals surface area contributed by atoms with Gasteiger partial charge in [0.25, 0.3) is 0 Å². The van der Waals surface area contributed by atoms with E-state index in [1.54, 1.807) is 0 Å². The van der Waals surface area contributed by atoms with Gasteiger partial charge >= 0.3 is 5.97 Å². The van der Waals surface area contributed by atoms with Gasteiger partial charge in [-0.15, -0.1) is 0 Å². The van der Waals surface area contributed by atoms with Gasteiger partial charge in [0.15, 0.2) is 0 Å². The highest BCUT2D eigenvalue weighted by atomic mass is 16.5. The fourth-order valence-electron chi connectivity index (χ4n) is 3.17.